The van der Waals surface area contributed by atoms with Crippen molar-refractivity contribution in [2.75, 3.05) is 20.2 Å². The summed E-state index contributed by atoms with van der Waals surface area (Å²) in [6.45, 7) is -0.109. The van der Waals surface area contributed by atoms with Crippen LogP contribution in [0.2, 0.25) is 0 Å². The lowest BCUT2D eigenvalue weighted by atomic mass is 10.2. The van der Waals surface area contributed by atoms with Crippen LogP contribution in [-0.2, 0) is 19.6 Å². The van der Waals surface area contributed by atoms with Crippen molar-refractivity contribution in [3.63, 3.8) is 0 Å². The molecule has 0 heterocycles. The molecular formula is C13H15FN2O4S. The minimum atomic E-state index is -3.91. The van der Waals surface area contributed by atoms with E-state index in [1.165, 1.54) is 7.11 Å². The average molecular weight is 314 g/mol. The van der Waals surface area contributed by atoms with E-state index < -0.39 is 21.8 Å². The van der Waals surface area contributed by atoms with Gasteiger partial charge in [-0.3, -0.25) is 4.79 Å². The van der Waals surface area contributed by atoms with Gasteiger partial charge in [-0.2, -0.15) is 0 Å². The van der Waals surface area contributed by atoms with E-state index in [1.807, 2.05) is 0 Å². The zero-order valence-corrected chi connectivity index (χ0v) is 12.2. The first kappa shape index (κ1) is 17.1. The number of benzene rings is 1. The van der Waals surface area contributed by atoms with Gasteiger partial charge < -0.3 is 10.5 Å². The van der Waals surface area contributed by atoms with Crippen LogP contribution in [0.3, 0.4) is 0 Å². The predicted molar refractivity (Wildman–Crippen MR) is 74.2 cm³/mol. The van der Waals surface area contributed by atoms with Crippen LogP contribution in [0, 0.1) is 17.7 Å². The summed E-state index contributed by atoms with van der Waals surface area (Å²) in [5.74, 6) is 3.83. The minimum Gasteiger partial charge on any atom is -0.469 e. The number of esters is 1. The summed E-state index contributed by atoms with van der Waals surface area (Å²) in [6, 6.07) is 3.14. The number of carbonyl (C=O) groups excluding carboxylic acids is 1. The van der Waals surface area contributed by atoms with Gasteiger partial charge in [0.25, 0.3) is 0 Å². The molecule has 0 amide bonds. The van der Waals surface area contributed by atoms with Crippen LogP contribution < -0.4 is 10.5 Å². The normalized spacial score (nSPS) is 10.6. The molecule has 0 saturated heterocycles. The van der Waals surface area contributed by atoms with Crippen molar-refractivity contribution in [3.8, 4) is 11.8 Å². The molecular weight excluding hydrogens is 299 g/mol. The number of rotatable bonds is 5. The molecule has 114 valence electrons. The highest BCUT2D eigenvalue weighted by Gasteiger charge is 2.18. The SMILES string of the molecule is COC(=O)CCNS(=O)(=O)c1ccc(F)cc1C#CCN. The van der Waals surface area contributed by atoms with Gasteiger partial charge in [-0.15, -0.1) is 0 Å². The Morgan fingerprint density at radius 2 is 2.19 bits per heavy atom. The zero-order valence-electron chi connectivity index (χ0n) is 11.3. The lowest BCUT2D eigenvalue weighted by Crippen LogP contribution is -2.27. The van der Waals surface area contributed by atoms with Crippen LogP contribution in [0.5, 0.6) is 0 Å². The maximum Gasteiger partial charge on any atom is 0.306 e. The molecule has 0 aliphatic carbocycles. The lowest BCUT2D eigenvalue weighted by molar-refractivity contribution is -0.140. The van der Waals surface area contributed by atoms with Crippen LogP contribution in [0.15, 0.2) is 23.1 Å². The molecule has 21 heavy (non-hydrogen) atoms. The maximum atomic E-state index is 13.2. The van der Waals surface area contributed by atoms with E-state index >= 15 is 0 Å². The van der Waals surface area contributed by atoms with Crippen molar-refractivity contribution >= 4 is 16.0 Å². The molecule has 0 unspecified atom stereocenters. The second-order valence-electron chi connectivity index (χ2n) is 3.87. The lowest BCUT2D eigenvalue weighted by Gasteiger charge is -2.08. The van der Waals surface area contributed by atoms with Gasteiger partial charge in [0.05, 0.1) is 25.0 Å². The van der Waals surface area contributed by atoms with Crippen molar-refractivity contribution in [3.05, 3.63) is 29.6 Å². The molecule has 0 saturated carbocycles. The second kappa shape index (κ2) is 7.73. The molecule has 1 aromatic rings. The van der Waals surface area contributed by atoms with Gasteiger partial charge in [-0.1, -0.05) is 11.8 Å². The molecule has 1 rings (SSSR count). The summed E-state index contributed by atoms with van der Waals surface area (Å²) in [4.78, 5) is 10.8. The topological polar surface area (TPSA) is 98.5 Å². The molecule has 0 spiro atoms. The number of sulfonamides is 1. The molecule has 0 bridgehead atoms. The van der Waals surface area contributed by atoms with Gasteiger partial charge in [0.1, 0.15) is 5.82 Å². The van der Waals surface area contributed by atoms with E-state index in [2.05, 4.69) is 21.3 Å². The fourth-order valence-corrected chi connectivity index (χ4v) is 2.62. The van der Waals surface area contributed by atoms with Crippen molar-refractivity contribution in [1.29, 1.82) is 0 Å². The van der Waals surface area contributed by atoms with Crippen molar-refractivity contribution in [1.82, 2.24) is 4.72 Å². The first-order valence-electron chi connectivity index (χ1n) is 5.95. The molecule has 0 aromatic heterocycles. The van der Waals surface area contributed by atoms with Crippen LogP contribution in [0.4, 0.5) is 4.39 Å². The molecule has 3 N–H and O–H groups in total. The Labute approximate surface area is 122 Å². The van der Waals surface area contributed by atoms with Gasteiger partial charge in [-0.25, -0.2) is 17.5 Å². The zero-order chi connectivity index (χ0) is 15.9. The van der Waals surface area contributed by atoms with E-state index in [0.717, 1.165) is 18.2 Å². The second-order valence-corrected chi connectivity index (χ2v) is 5.61. The Morgan fingerprint density at radius 3 is 2.81 bits per heavy atom. The Kier molecular flexibility index (Phi) is 6.30. The molecule has 0 fully saturated rings. The molecule has 0 atom stereocenters. The number of carbonyl (C=O) groups is 1. The summed E-state index contributed by atoms with van der Waals surface area (Å²) in [6.07, 6.45) is -0.110. The van der Waals surface area contributed by atoms with E-state index in [-0.39, 0.29) is 30.0 Å². The highest BCUT2D eigenvalue weighted by Crippen LogP contribution is 2.16. The van der Waals surface area contributed by atoms with Crippen LogP contribution in [0.25, 0.3) is 0 Å². The summed E-state index contributed by atoms with van der Waals surface area (Å²) in [7, 11) is -2.70. The number of hydrogen-bond donors (Lipinski definition) is 2. The number of nitrogens with one attached hydrogen (secondary N) is 1. The number of halogens is 1. The Hall–Kier alpha value is -1.95. The Morgan fingerprint density at radius 1 is 1.48 bits per heavy atom. The molecule has 6 nitrogen and oxygen atoms in total. The first-order chi connectivity index (χ1) is 9.90. The highest BCUT2D eigenvalue weighted by molar-refractivity contribution is 7.89. The monoisotopic (exact) mass is 314 g/mol. The third-order valence-electron chi connectivity index (χ3n) is 2.41. The van der Waals surface area contributed by atoms with Gasteiger partial charge in [0.15, 0.2) is 0 Å². The number of ether oxygens (including phenoxy) is 1. The quantitative estimate of drug-likeness (QED) is 0.588. The van der Waals surface area contributed by atoms with E-state index in [4.69, 9.17) is 5.73 Å². The highest BCUT2D eigenvalue weighted by atomic mass is 32.2. The van der Waals surface area contributed by atoms with E-state index in [0.29, 0.717) is 0 Å². The molecule has 0 aliphatic rings. The molecule has 1 aromatic carbocycles. The standard InChI is InChI=1S/C13H15FN2O4S/c1-20-13(17)6-8-16-21(18,19)12-5-4-11(14)9-10(12)3-2-7-15/h4-5,9,16H,6-8,15H2,1H3. The minimum absolute atomic E-state index is 0.00557. The molecule has 8 heteroatoms. The predicted octanol–water partition coefficient (Wildman–Crippen LogP) is -0.0227. The van der Waals surface area contributed by atoms with Crippen LogP contribution >= 0.6 is 0 Å². The average Bonchev–Trinajstić information content (AvgIpc) is 2.44. The van der Waals surface area contributed by atoms with Gasteiger partial charge in [0, 0.05) is 12.1 Å². The van der Waals surface area contributed by atoms with E-state index in [1.54, 1.807) is 0 Å². The largest absolute Gasteiger partial charge is 0.469 e. The maximum absolute atomic E-state index is 13.2. The van der Waals surface area contributed by atoms with Crippen LogP contribution in [0.1, 0.15) is 12.0 Å². The van der Waals surface area contributed by atoms with Crippen molar-refractivity contribution in [2.24, 2.45) is 5.73 Å². The smallest absolute Gasteiger partial charge is 0.306 e. The fraction of sp³-hybridized carbons (Fsp3) is 0.308. The first-order valence-corrected chi connectivity index (χ1v) is 7.44. The molecule has 0 radical (unpaired) electrons. The third kappa shape index (κ3) is 5.15. The number of methoxy groups -OCH3 is 1. The van der Waals surface area contributed by atoms with Gasteiger partial charge in [0.2, 0.25) is 10.0 Å². The van der Waals surface area contributed by atoms with Gasteiger partial charge >= 0.3 is 5.97 Å². The summed E-state index contributed by atoms with van der Waals surface area (Å²) < 4.78 is 44.0. The Bertz CT molecular complexity index is 677. The molecule has 0 aliphatic heterocycles. The fourth-order valence-electron chi connectivity index (χ4n) is 1.45. The van der Waals surface area contributed by atoms with Crippen LogP contribution in [-0.4, -0.2) is 34.6 Å². The summed E-state index contributed by atoms with van der Waals surface area (Å²) in [5.41, 5.74) is 5.22. The summed E-state index contributed by atoms with van der Waals surface area (Å²) >= 11 is 0. The van der Waals surface area contributed by atoms with Gasteiger partial charge in [-0.05, 0) is 18.2 Å². The summed E-state index contributed by atoms with van der Waals surface area (Å²) in [5, 5.41) is 0. The third-order valence-corrected chi connectivity index (χ3v) is 3.92. The van der Waals surface area contributed by atoms with E-state index in [9.17, 15) is 17.6 Å². The number of nitrogens with two attached hydrogens (primary N) is 1. The van der Waals surface area contributed by atoms with Crippen molar-refractivity contribution < 1.29 is 22.3 Å². The Balaban J connectivity index is 2.99. The number of hydrogen-bond acceptors (Lipinski definition) is 5. The van der Waals surface area contributed by atoms with Crippen molar-refractivity contribution in [2.45, 2.75) is 11.3 Å².